The molecule has 1 aliphatic carbocycles. The zero-order valence-electron chi connectivity index (χ0n) is 16.2. The average molecular weight is 371 g/mol. The monoisotopic (exact) mass is 371 g/mol. The second-order valence-corrected chi connectivity index (χ2v) is 7.75. The quantitative estimate of drug-likeness (QED) is 0.604. The first kappa shape index (κ1) is 20.8. The summed E-state index contributed by atoms with van der Waals surface area (Å²) in [5.41, 5.74) is -0.497. The van der Waals surface area contributed by atoms with Gasteiger partial charge in [0.1, 0.15) is 5.60 Å². The van der Waals surface area contributed by atoms with Gasteiger partial charge >= 0.3 is 12.1 Å². The average Bonchev–Trinajstić information content (AvgIpc) is 2.87. The Kier molecular flexibility index (Phi) is 7.96. The van der Waals surface area contributed by atoms with E-state index in [1.165, 1.54) is 12.8 Å². The molecule has 1 aliphatic heterocycles. The first-order chi connectivity index (χ1) is 12.4. The summed E-state index contributed by atoms with van der Waals surface area (Å²) < 4.78 is 16.1. The number of carbonyl (C=O) groups excluding carboxylic acids is 2. The smallest absolute Gasteiger partial charge is 0.407 e. The Morgan fingerprint density at radius 3 is 2.58 bits per heavy atom. The predicted octanol–water partition coefficient (Wildman–Crippen LogP) is 1.88. The number of alkyl carbamates (subject to hydrolysis) is 1. The Morgan fingerprint density at radius 1 is 1.15 bits per heavy atom. The SMILES string of the molecule is CC(C)(C)OC(=O)NCCOCCOCCN1C(=O)NC2CCCCC21. The zero-order valence-corrected chi connectivity index (χ0v) is 16.2. The van der Waals surface area contributed by atoms with Gasteiger partial charge in [0.25, 0.3) is 0 Å². The molecule has 1 saturated carbocycles. The highest BCUT2D eigenvalue weighted by Crippen LogP contribution is 2.27. The molecular weight excluding hydrogens is 338 g/mol. The van der Waals surface area contributed by atoms with Gasteiger partial charge in [-0.2, -0.15) is 0 Å². The minimum Gasteiger partial charge on any atom is -0.444 e. The first-order valence-electron chi connectivity index (χ1n) is 9.56. The van der Waals surface area contributed by atoms with E-state index in [0.29, 0.717) is 51.6 Å². The van der Waals surface area contributed by atoms with Gasteiger partial charge in [0.2, 0.25) is 0 Å². The van der Waals surface area contributed by atoms with E-state index in [4.69, 9.17) is 14.2 Å². The Bertz CT molecular complexity index is 466. The minimum absolute atomic E-state index is 0.0370. The normalized spacial score (nSPS) is 22.7. The topological polar surface area (TPSA) is 89.1 Å². The molecule has 2 atom stereocenters. The van der Waals surface area contributed by atoms with Gasteiger partial charge in [-0.1, -0.05) is 12.8 Å². The number of nitrogens with one attached hydrogen (secondary N) is 2. The van der Waals surface area contributed by atoms with Crippen LogP contribution in [0.4, 0.5) is 9.59 Å². The fraction of sp³-hybridized carbons (Fsp3) is 0.889. The van der Waals surface area contributed by atoms with E-state index in [9.17, 15) is 9.59 Å². The molecule has 0 bridgehead atoms. The second-order valence-electron chi connectivity index (χ2n) is 7.75. The summed E-state index contributed by atoms with van der Waals surface area (Å²) >= 11 is 0. The van der Waals surface area contributed by atoms with Crippen molar-refractivity contribution in [3.63, 3.8) is 0 Å². The molecule has 2 fully saturated rings. The molecule has 150 valence electrons. The Morgan fingerprint density at radius 2 is 1.85 bits per heavy atom. The van der Waals surface area contributed by atoms with Gasteiger partial charge in [-0.3, -0.25) is 0 Å². The molecule has 2 rings (SSSR count). The highest BCUT2D eigenvalue weighted by molar-refractivity contribution is 5.77. The summed E-state index contributed by atoms with van der Waals surface area (Å²) in [5, 5.41) is 5.70. The van der Waals surface area contributed by atoms with Gasteiger partial charge in [-0.15, -0.1) is 0 Å². The van der Waals surface area contributed by atoms with E-state index in [-0.39, 0.29) is 6.03 Å². The number of rotatable bonds is 9. The number of fused-ring (bicyclic) bond motifs is 1. The van der Waals surface area contributed by atoms with Crippen LogP contribution in [0.25, 0.3) is 0 Å². The van der Waals surface area contributed by atoms with Crippen LogP contribution in [0.1, 0.15) is 46.5 Å². The number of nitrogens with zero attached hydrogens (tertiary/aromatic N) is 1. The summed E-state index contributed by atoms with van der Waals surface area (Å²) in [4.78, 5) is 25.4. The van der Waals surface area contributed by atoms with E-state index < -0.39 is 11.7 Å². The highest BCUT2D eigenvalue weighted by Gasteiger charge is 2.39. The number of ether oxygens (including phenoxy) is 3. The maximum atomic E-state index is 12.0. The summed E-state index contributed by atoms with van der Waals surface area (Å²) in [7, 11) is 0. The lowest BCUT2D eigenvalue weighted by atomic mass is 9.91. The fourth-order valence-corrected chi connectivity index (χ4v) is 3.34. The van der Waals surface area contributed by atoms with E-state index in [2.05, 4.69) is 10.6 Å². The molecule has 0 radical (unpaired) electrons. The van der Waals surface area contributed by atoms with Crippen LogP contribution in [-0.4, -0.2) is 74.2 Å². The van der Waals surface area contributed by atoms with Crippen LogP contribution >= 0.6 is 0 Å². The predicted molar refractivity (Wildman–Crippen MR) is 97.2 cm³/mol. The molecule has 2 N–H and O–H groups in total. The molecular formula is C18H33N3O5. The third-order valence-electron chi connectivity index (χ3n) is 4.46. The zero-order chi connectivity index (χ0) is 19.0. The third kappa shape index (κ3) is 6.99. The largest absolute Gasteiger partial charge is 0.444 e. The third-order valence-corrected chi connectivity index (χ3v) is 4.46. The van der Waals surface area contributed by atoms with Crippen molar-refractivity contribution >= 4 is 12.1 Å². The van der Waals surface area contributed by atoms with E-state index in [1.807, 2.05) is 25.7 Å². The molecule has 2 aliphatic rings. The van der Waals surface area contributed by atoms with Crippen molar-refractivity contribution in [3.05, 3.63) is 0 Å². The van der Waals surface area contributed by atoms with Crippen LogP contribution < -0.4 is 10.6 Å². The summed E-state index contributed by atoms with van der Waals surface area (Å²) in [6, 6.07) is 0.682. The van der Waals surface area contributed by atoms with Crippen molar-refractivity contribution in [3.8, 4) is 0 Å². The van der Waals surface area contributed by atoms with Gasteiger partial charge in [-0.25, -0.2) is 9.59 Å². The van der Waals surface area contributed by atoms with Gasteiger partial charge in [0.05, 0.1) is 38.5 Å². The van der Waals surface area contributed by atoms with Crippen molar-refractivity contribution in [2.45, 2.75) is 64.1 Å². The Labute approximate surface area is 155 Å². The highest BCUT2D eigenvalue weighted by atomic mass is 16.6. The van der Waals surface area contributed by atoms with Gasteiger partial charge in [0, 0.05) is 13.1 Å². The van der Waals surface area contributed by atoms with Gasteiger partial charge < -0.3 is 29.7 Å². The molecule has 1 heterocycles. The van der Waals surface area contributed by atoms with Gasteiger partial charge in [0.15, 0.2) is 0 Å². The van der Waals surface area contributed by atoms with Crippen LogP contribution in [-0.2, 0) is 14.2 Å². The molecule has 3 amide bonds. The first-order valence-corrected chi connectivity index (χ1v) is 9.56. The lowest BCUT2D eigenvalue weighted by Crippen LogP contribution is -2.40. The molecule has 0 spiro atoms. The van der Waals surface area contributed by atoms with Crippen LogP contribution in [0.5, 0.6) is 0 Å². The maximum Gasteiger partial charge on any atom is 0.407 e. The van der Waals surface area contributed by atoms with Crippen molar-refractivity contribution < 1.29 is 23.8 Å². The molecule has 26 heavy (non-hydrogen) atoms. The number of amides is 3. The summed E-state index contributed by atoms with van der Waals surface area (Å²) in [6.07, 6.45) is 4.11. The molecule has 0 aromatic heterocycles. The van der Waals surface area contributed by atoms with Crippen LogP contribution in [0.3, 0.4) is 0 Å². The maximum absolute atomic E-state index is 12.0. The number of urea groups is 1. The Balaban J connectivity index is 1.45. The van der Waals surface area contributed by atoms with Crippen molar-refractivity contribution in [2.24, 2.45) is 0 Å². The molecule has 1 saturated heterocycles. The van der Waals surface area contributed by atoms with Crippen LogP contribution in [0, 0.1) is 0 Å². The number of hydrogen-bond acceptors (Lipinski definition) is 5. The minimum atomic E-state index is -0.497. The van der Waals surface area contributed by atoms with E-state index >= 15 is 0 Å². The Hall–Kier alpha value is -1.54. The lowest BCUT2D eigenvalue weighted by molar-refractivity contribution is 0.0348. The number of carbonyl (C=O) groups is 2. The number of hydrogen-bond donors (Lipinski definition) is 2. The van der Waals surface area contributed by atoms with Crippen molar-refractivity contribution in [2.75, 3.05) is 39.5 Å². The van der Waals surface area contributed by atoms with Crippen LogP contribution in [0.15, 0.2) is 0 Å². The summed E-state index contributed by atoms with van der Waals surface area (Å²) in [5.74, 6) is 0. The molecule has 0 aromatic rings. The molecule has 2 unspecified atom stereocenters. The molecule has 8 heteroatoms. The molecule has 0 aromatic carbocycles. The van der Waals surface area contributed by atoms with Crippen molar-refractivity contribution in [1.29, 1.82) is 0 Å². The lowest BCUT2D eigenvalue weighted by Gasteiger charge is -2.29. The summed E-state index contributed by atoms with van der Waals surface area (Å²) in [6.45, 7) is 8.31. The van der Waals surface area contributed by atoms with E-state index in [0.717, 1.165) is 12.8 Å². The van der Waals surface area contributed by atoms with Crippen molar-refractivity contribution in [1.82, 2.24) is 15.5 Å². The fourth-order valence-electron chi connectivity index (χ4n) is 3.34. The van der Waals surface area contributed by atoms with Crippen LogP contribution in [0.2, 0.25) is 0 Å². The van der Waals surface area contributed by atoms with E-state index in [1.54, 1.807) is 0 Å². The second kappa shape index (κ2) is 9.97. The standard InChI is InChI=1S/C18H33N3O5/c1-18(2,3)26-17(23)19-8-10-24-12-13-25-11-9-21-15-7-5-4-6-14(15)20-16(21)22/h14-15H,4-13H2,1-3H3,(H,19,23)(H,20,22). The van der Waals surface area contributed by atoms with Gasteiger partial charge in [-0.05, 0) is 33.6 Å². The molecule has 8 nitrogen and oxygen atoms in total.